The third-order valence-electron chi connectivity index (χ3n) is 3.80. The number of carbonyl (C=O) groups is 1. The Balaban J connectivity index is 1.86. The molecule has 0 aromatic heterocycles. The van der Waals surface area contributed by atoms with Gasteiger partial charge in [-0.3, -0.25) is 4.79 Å². The summed E-state index contributed by atoms with van der Waals surface area (Å²) in [4.78, 5) is 14.2. The van der Waals surface area contributed by atoms with Gasteiger partial charge in [-0.2, -0.15) is 0 Å². The van der Waals surface area contributed by atoms with Crippen molar-refractivity contribution in [3.05, 3.63) is 0 Å². The first-order valence-electron chi connectivity index (χ1n) is 6.88. The molecule has 98 valence electrons. The maximum absolute atomic E-state index is 12.3. The van der Waals surface area contributed by atoms with Crippen molar-refractivity contribution in [1.82, 2.24) is 10.2 Å². The van der Waals surface area contributed by atoms with Crippen molar-refractivity contribution in [2.24, 2.45) is 0 Å². The van der Waals surface area contributed by atoms with Crippen molar-refractivity contribution >= 4 is 5.91 Å². The summed E-state index contributed by atoms with van der Waals surface area (Å²) in [6.07, 6.45) is 4.36. The van der Waals surface area contributed by atoms with Crippen LogP contribution in [0.2, 0.25) is 0 Å². The summed E-state index contributed by atoms with van der Waals surface area (Å²) >= 11 is 0. The SMILES string of the molecule is CCN(CC1CCCN1)C(=O)C1CCC(C)O1. The molecule has 0 spiro atoms. The van der Waals surface area contributed by atoms with Crippen molar-refractivity contribution in [2.45, 2.75) is 57.8 Å². The number of carbonyl (C=O) groups excluding carboxylic acids is 1. The Bertz CT molecular complexity index is 264. The normalized spacial score (nSPS) is 32.9. The Morgan fingerprint density at radius 3 is 2.76 bits per heavy atom. The number of hydrogen-bond donors (Lipinski definition) is 1. The molecule has 2 saturated heterocycles. The summed E-state index contributed by atoms with van der Waals surface area (Å²) in [5.74, 6) is 0.186. The molecule has 4 heteroatoms. The third kappa shape index (κ3) is 3.19. The maximum Gasteiger partial charge on any atom is 0.251 e. The highest BCUT2D eigenvalue weighted by molar-refractivity contribution is 5.81. The third-order valence-corrected chi connectivity index (χ3v) is 3.80. The number of rotatable bonds is 4. The number of nitrogens with one attached hydrogen (secondary N) is 1. The molecule has 2 aliphatic heterocycles. The van der Waals surface area contributed by atoms with Crippen LogP contribution >= 0.6 is 0 Å². The topological polar surface area (TPSA) is 41.6 Å². The maximum atomic E-state index is 12.3. The fourth-order valence-corrected chi connectivity index (χ4v) is 2.74. The lowest BCUT2D eigenvalue weighted by Gasteiger charge is -2.27. The van der Waals surface area contributed by atoms with Gasteiger partial charge < -0.3 is 15.0 Å². The molecule has 3 unspecified atom stereocenters. The summed E-state index contributed by atoms with van der Waals surface area (Å²) in [6, 6.07) is 0.484. The number of amides is 1. The van der Waals surface area contributed by atoms with Crippen LogP contribution < -0.4 is 5.32 Å². The zero-order chi connectivity index (χ0) is 12.3. The van der Waals surface area contributed by atoms with Crippen LogP contribution in [0, 0.1) is 0 Å². The Kier molecular flexibility index (Phi) is 4.40. The van der Waals surface area contributed by atoms with E-state index >= 15 is 0 Å². The van der Waals surface area contributed by atoms with Crippen LogP contribution in [0.5, 0.6) is 0 Å². The van der Waals surface area contributed by atoms with Gasteiger partial charge >= 0.3 is 0 Å². The average molecular weight is 240 g/mol. The molecule has 1 N–H and O–H groups in total. The number of nitrogens with zero attached hydrogens (tertiary/aromatic N) is 1. The second-order valence-corrected chi connectivity index (χ2v) is 5.18. The molecule has 2 rings (SSSR count). The van der Waals surface area contributed by atoms with Crippen molar-refractivity contribution in [3.8, 4) is 0 Å². The minimum absolute atomic E-state index is 0.186. The minimum Gasteiger partial charge on any atom is -0.365 e. The largest absolute Gasteiger partial charge is 0.365 e. The predicted molar refractivity (Wildman–Crippen MR) is 66.8 cm³/mol. The summed E-state index contributed by atoms with van der Waals surface area (Å²) in [5, 5.41) is 3.44. The van der Waals surface area contributed by atoms with Gasteiger partial charge in [-0.25, -0.2) is 0 Å². The van der Waals surface area contributed by atoms with Gasteiger partial charge in [0.05, 0.1) is 6.10 Å². The van der Waals surface area contributed by atoms with Gasteiger partial charge in [0.25, 0.3) is 5.91 Å². The first-order valence-corrected chi connectivity index (χ1v) is 6.88. The fraction of sp³-hybridized carbons (Fsp3) is 0.923. The van der Waals surface area contributed by atoms with Crippen LogP contribution in [0.15, 0.2) is 0 Å². The molecule has 17 heavy (non-hydrogen) atoms. The van der Waals surface area contributed by atoms with Crippen LogP contribution in [0.1, 0.15) is 39.5 Å². The highest BCUT2D eigenvalue weighted by Gasteiger charge is 2.32. The number of hydrogen-bond acceptors (Lipinski definition) is 3. The molecule has 1 amide bonds. The van der Waals surface area contributed by atoms with Crippen LogP contribution in [-0.4, -0.2) is 48.7 Å². The second-order valence-electron chi connectivity index (χ2n) is 5.18. The molecule has 4 nitrogen and oxygen atoms in total. The molecule has 2 aliphatic rings. The molecule has 3 atom stereocenters. The lowest BCUT2D eigenvalue weighted by atomic mass is 10.1. The highest BCUT2D eigenvalue weighted by atomic mass is 16.5. The van der Waals surface area contributed by atoms with Gasteiger partial charge in [0.1, 0.15) is 6.10 Å². The average Bonchev–Trinajstić information content (AvgIpc) is 2.96. The van der Waals surface area contributed by atoms with Crippen LogP contribution in [0.25, 0.3) is 0 Å². The number of ether oxygens (including phenoxy) is 1. The van der Waals surface area contributed by atoms with E-state index in [2.05, 4.69) is 5.32 Å². The molecule has 0 aromatic rings. The van der Waals surface area contributed by atoms with E-state index in [1.165, 1.54) is 12.8 Å². The quantitative estimate of drug-likeness (QED) is 0.801. The Morgan fingerprint density at radius 1 is 1.41 bits per heavy atom. The monoisotopic (exact) mass is 240 g/mol. The first-order chi connectivity index (χ1) is 8.20. The lowest BCUT2D eigenvalue weighted by molar-refractivity contribution is -0.142. The zero-order valence-corrected chi connectivity index (χ0v) is 10.9. The number of likely N-dealkylation sites (N-methyl/N-ethyl adjacent to an activating group) is 1. The van der Waals surface area contributed by atoms with E-state index < -0.39 is 0 Å². The van der Waals surface area contributed by atoms with Crippen LogP contribution in [-0.2, 0) is 9.53 Å². The standard InChI is InChI=1S/C13H24N2O2/c1-3-15(9-11-5-4-8-14-11)13(16)12-7-6-10(2)17-12/h10-12,14H,3-9H2,1-2H3. The Labute approximate surface area is 104 Å². The molecule has 2 fully saturated rings. The molecular weight excluding hydrogens is 216 g/mol. The van der Waals surface area contributed by atoms with E-state index in [9.17, 15) is 4.79 Å². The van der Waals surface area contributed by atoms with E-state index in [1.807, 2.05) is 18.7 Å². The van der Waals surface area contributed by atoms with Gasteiger partial charge in [-0.15, -0.1) is 0 Å². The summed E-state index contributed by atoms with van der Waals surface area (Å²) in [6.45, 7) is 6.80. The first kappa shape index (κ1) is 12.8. The Hall–Kier alpha value is -0.610. The smallest absolute Gasteiger partial charge is 0.251 e. The van der Waals surface area contributed by atoms with E-state index in [-0.39, 0.29) is 18.1 Å². The van der Waals surface area contributed by atoms with Gasteiger partial charge in [0.2, 0.25) is 0 Å². The second kappa shape index (κ2) is 5.83. The summed E-state index contributed by atoms with van der Waals surface area (Å²) < 4.78 is 5.66. The van der Waals surface area contributed by atoms with Crippen molar-refractivity contribution in [3.63, 3.8) is 0 Å². The van der Waals surface area contributed by atoms with Crippen LogP contribution in [0.4, 0.5) is 0 Å². The molecule has 0 aromatic carbocycles. The van der Waals surface area contributed by atoms with Gasteiger partial charge in [0, 0.05) is 19.1 Å². The van der Waals surface area contributed by atoms with E-state index in [4.69, 9.17) is 4.74 Å². The Morgan fingerprint density at radius 2 is 2.24 bits per heavy atom. The van der Waals surface area contributed by atoms with Crippen molar-refractivity contribution in [2.75, 3.05) is 19.6 Å². The predicted octanol–water partition coefficient (Wildman–Crippen LogP) is 1.15. The lowest BCUT2D eigenvalue weighted by Crippen LogP contribution is -2.45. The van der Waals surface area contributed by atoms with E-state index in [0.29, 0.717) is 6.04 Å². The van der Waals surface area contributed by atoms with Gasteiger partial charge in [0.15, 0.2) is 0 Å². The van der Waals surface area contributed by atoms with Crippen molar-refractivity contribution < 1.29 is 9.53 Å². The molecule has 0 bridgehead atoms. The summed E-state index contributed by atoms with van der Waals surface area (Å²) in [5.41, 5.74) is 0. The highest BCUT2D eigenvalue weighted by Crippen LogP contribution is 2.21. The van der Waals surface area contributed by atoms with Gasteiger partial charge in [-0.1, -0.05) is 0 Å². The molecular formula is C13H24N2O2. The van der Waals surface area contributed by atoms with Gasteiger partial charge in [-0.05, 0) is 46.1 Å². The fourth-order valence-electron chi connectivity index (χ4n) is 2.74. The van der Waals surface area contributed by atoms with E-state index in [0.717, 1.165) is 32.5 Å². The minimum atomic E-state index is -0.189. The zero-order valence-electron chi connectivity index (χ0n) is 10.9. The molecule has 0 radical (unpaired) electrons. The molecule has 2 heterocycles. The van der Waals surface area contributed by atoms with Crippen molar-refractivity contribution in [1.29, 1.82) is 0 Å². The van der Waals surface area contributed by atoms with Crippen LogP contribution in [0.3, 0.4) is 0 Å². The molecule has 0 saturated carbocycles. The molecule has 0 aliphatic carbocycles. The summed E-state index contributed by atoms with van der Waals surface area (Å²) in [7, 11) is 0. The van der Waals surface area contributed by atoms with E-state index in [1.54, 1.807) is 0 Å².